The summed E-state index contributed by atoms with van der Waals surface area (Å²) >= 11 is 0. The smallest absolute Gasteiger partial charge is 0.408 e. The predicted molar refractivity (Wildman–Crippen MR) is 136 cm³/mol. The van der Waals surface area contributed by atoms with E-state index in [0.29, 0.717) is 5.56 Å². The zero-order chi connectivity index (χ0) is 27.2. The fraction of sp³-hybridized carbons (Fsp3) is 0.630. The molecule has 1 aromatic rings. The Labute approximate surface area is 214 Å². The van der Waals surface area contributed by atoms with Gasteiger partial charge in [-0.15, -0.1) is 0 Å². The summed E-state index contributed by atoms with van der Waals surface area (Å²) in [6, 6.07) is 3.58. The van der Waals surface area contributed by atoms with E-state index in [4.69, 9.17) is 4.74 Å². The molecule has 1 saturated carbocycles. The molecule has 2 rings (SSSR count). The van der Waals surface area contributed by atoms with Crippen LogP contribution in [0.15, 0.2) is 18.2 Å². The van der Waals surface area contributed by atoms with Crippen LogP contribution in [-0.4, -0.2) is 60.1 Å². The van der Waals surface area contributed by atoms with Gasteiger partial charge in [-0.25, -0.2) is 4.79 Å². The summed E-state index contributed by atoms with van der Waals surface area (Å²) in [5.74, 6) is -1.69. The molecule has 9 nitrogen and oxygen atoms in total. The topological polar surface area (TPSA) is 114 Å². The van der Waals surface area contributed by atoms with Crippen molar-refractivity contribution in [3.63, 3.8) is 0 Å². The van der Waals surface area contributed by atoms with E-state index in [2.05, 4.69) is 15.4 Å². The Balaban J connectivity index is 2.49. The lowest BCUT2D eigenvalue weighted by Gasteiger charge is -2.44. The second kappa shape index (κ2) is 12.2. The molecule has 3 amide bonds. The molecule has 1 fully saturated rings. The normalized spacial score (nSPS) is 15.4. The number of amides is 3. The van der Waals surface area contributed by atoms with Crippen LogP contribution >= 0.6 is 0 Å². The van der Waals surface area contributed by atoms with E-state index >= 15 is 0 Å². The number of alkyl carbamates (subject to hydrolysis) is 1. The highest BCUT2D eigenvalue weighted by molar-refractivity contribution is 5.93. The maximum atomic E-state index is 14.1. The zero-order valence-corrected chi connectivity index (χ0v) is 22.8. The van der Waals surface area contributed by atoms with Gasteiger partial charge in [0, 0.05) is 6.04 Å². The van der Waals surface area contributed by atoms with E-state index in [9.17, 15) is 19.2 Å². The van der Waals surface area contributed by atoms with Crippen molar-refractivity contribution >= 4 is 23.9 Å². The van der Waals surface area contributed by atoms with Crippen LogP contribution in [0.1, 0.15) is 76.6 Å². The number of benzene rings is 1. The molecule has 2 unspecified atom stereocenters. The standard InChI is InChI=1S/C27H41N3O6/c1-16(2)22(29-26(34)36-27(5,6)7)25(33)30(20-10-9-11-20)23(24(32)28-15-21(31)35-8)19-13-12-17(3)18(4)14-19/h12-14,16,20,22-23H,9-11,15H2,1-8H3,(H,28,32)(H,29,34). The summed E-state index contributed by atoms with van der Waals surface area (Å²) < 4.78 is 10.1. The van der Waals surface area contributed by atoms with E-state index in [0.717, 1.165) is 30.4 Å². The van der Waals surface area contributed by atoms with Crippen LogP contribution in [0.4, 0.5) is 4.79 Å². The summed E-state index contributed by atoms with van der Waals surface area (Å²) in [7, 11) is 1.25. The molecule has 2 atom stereocenters. The second-order valence-corrected chi connectivity index (χ2v) is 10.7. The van der Waals surface area contributed by atoms with Crippen molar-refractivity contribution in [2.24, 2.45) is 5.92 Å². The van der Waals surface area contributed by atoms with Gasteiger partial charge >= 0.3 is 12.1 Å². The van der Waals surface area contributed by atoms with E-state index in [1.807, 2.05) is 45.9 Å². The van der Waals surface area contributed by atoms with E-state index in [-0.39, 0.29) is 24.4 Å². The zero-order valence-electron chi connectivity index (χ0n) is 22.8. The summed E-state index contributed by atoms with van der Waals surface area (Å²) in [5.41, 5.74) is 1.95. The van der Waals surface area contributed by atoms with Gasteiger partial charge in [-0.2, -0.15) is 0 Å². The predicted octanol–water partition coefficient (Wildman–Crippen LogP) is 3.56. The third-order valence-corrected chi connectivity index (χ3v) is 6.34. The summed E-state index contributed by atoms with van der Waals surface area (Å²) in [5, 5.41) is 5.35. The lowest BCUT2D eigenvalue weighted by Crippen LogP contribution is -2.59. The number of nitrogens with zero attached hydrogens (tertiary/aromatic N) is 1. The summed E-state index contributed by atoms with van der Waals surface area (Å²) in [6.07, 6.45) is 1.73. The molecule has 0 aliphatic heterocycles. The summed E-state index contributed by atoms with van der Waals surface area (Å²) in [4.78, 5) is 53.5. The minimum atomic E-state index is -0.978. The highest BCUT2D eigenvalue weighted by Gasteiger charge is 2.42. The average Bonchev–Trinajstić information content (AvgIpc) is 2.74. The fourth-order valence-corrected chi connectivity index (χ4v) is 3.99. The Kier molecular flexibility index (Phi) is 9.90. The van der Waals surface area contributed by atoms with Crippen LogP contribution in [0.3, 0.4) is 0 Å². The number of carbonyl (C=O) groups is 4. The Hall–Kier alpha value is -3.10. The van der Waals surface area contributed by atoms with Gasteiger partial charge in [-0.1, -0.05) is 32.0 Å². The number of hydrogen-bond acceptors (Lipinski definition) is 6. The van der Waals surface area contributed by atoms with Gasteiger partial charge in [0.25, 0.3) is 0 Å². The second-order valence-electron chi connectivity index (χ2n) is 10.7. The number of nitrogens with one attached hydrogen (secondary N) is 2. The molecule has 0 bridgehead atoms. The Morgan fingerprint density at radius 3 is 2.19 bits per heavy atom. The number of aryl methyl sites for hydroxylation is 2. The maximum absolute atomic E-state index is 14.1. The Bertz CT molecular complexity index is 965. The Morgan fingerprint density at radius 2 is 1.72 bits per heavy atom. The van der Waals surface area contributed by atoms with E-state index in [1.165, 1.54) is 7.11 Å². The molecule has 1 aliphatic carbocycles. The SMILES string of the molecule is COC(=O)CNC(=O)C(c1ccc(C)c(C)c1)N(C(=O)C(NC(=O)OC(C)(C)C)C(C)C)C1CCC1. The quantitative estimate of drug-likeness (QED) is 0.498. The molecular weight excluding hydrogens is 462 g/mol. The lowest BCUT2D eigenvalue weighted by atomic mass is 9.87. The first-order valence-corrected chi connectivity index (χ1v) is 12.5. The molecule has 0 spiro atoms. The van der Waals surface area contributed by atoms with Gasteiger partial charge in [-0.05, 0) is 76.5 Å². The van der Waals surface area contributed by atoms with Gasteiger partial charge in [0.05, 0.1) is 7.11 Å². The van der Waals surface area contributed by atoms with Crippen molar-refractivity contribution < 1.29 is 28.7 Å². The third-order valence-electron chi connectivity index (χ3n) is 6.34. The number of carbonyl (C=O) groups excluding carboxylic acids is 4. The molecule has 1 aromatic carbocycles. The largest absolute Gasteiger partial charge is 0.468 e. The molecule has 0 saturated heterocycles. The molecule has 0 aromatic heterocycles. The minimum Gasteiger partial charge on any atom is -0.468 e. The molecule has 1 aliphatic rings. The molecule has 36 heavy (non-hydrogen) atoms. The molecule has 200 valence electrons. The van der Waals surface area contributed by atoms with Crippen molar-refractivity contribution in [2.45, 2.75) is 91.5 Å². The number of rotatable bonds is 9. The van der Waals surface area contributed by atoms with E-state index in [1.54, 1.807) is 25.7 Å². The van der Waals surface area contributed by atoms with Crippen LogP contribution in [0, 0.1) is 19.8 Å². The van der Waals surface area contributed by atoms with Crippen molar-refractivity contribution in [3.05, 3.63) is 34.9 Å². The number of methoxy groups -OCH3 is 1. The van der Waals surface area contributed by atoms with Crippen LogP contribution in [0.2, 0.25) is 0 Å². The first-order valence-electron chi connectivity index (χ1n) is 12.5. The van der Waals surface area contributed by atoms with E-state index < -0.39 is 35.7 Å². The number of hydrogen-bond donors (Lipinski definition) is 2. The van der Waals surface area contributed by atoms with Crippen LogP contribution < -0.4 is 10.6 Å². The first-order chi connectivity index (χ1) is 16.7. The van der Waals surface area contributed by atoms with Crippen molar-refractivity contribution in [1.29, 1.82) is 0 Å². The molecule has 9 heteroatoms. The van der Waals surface area contributed by atoms with Gasteiger partial charge in [0.2, 0.25) is 11.8 Å². The average molecular weight is 504 g/mol. The number of ether oxygens (including phenoxy) is 2. The van der Waals surface area contributed by atoms with Gasteiger partial charge in [-0.3, -0.25) is 14.4 Å². The van der Waals surface area contributed by atoms with Gasteiger partial charge < -0.3 is 25.0 Å². The van der Waals surface area contributed by atoms with Crippen molar-refractivity contribution in [2.75, 3.05) is 13.7 Å². The highest BCUT2D eigenvalue weighted by Crippen LogP contribution is 2.34. The maximum Gasteiger partial charge on any atom is 0.408 e. The number of esters is 1. The monoisotopic (exact) mass is 503 g/mol. The molecule has 0 radical (unpaired) electrons. The molecule has 2 N–H and O–H groups in total. The highest BCUT2D eigenvalue weighted by atomic mass is 16.6. The first kappa shape index (κ1) is 29.1. The van der Waals surface area contributed by atoms with Gasteiger partial charge in [0.1, 0.15) is 24.2 Å². The van der Waals surface area contributed by atoms with Crippen LogP contribution in [-0.2, 0) is 23.9 Å². The molecular formula is C27H41N3O6. The van der Waals surface area contributed by atoms with Crippen molar-refractivity contribution in [3.8, 4) is 0 Å². The third kappa shape index (κ3) is 7.70. The molecule has 0 heterocycles. The van der Waals surface area contributed by atoms with Crippen molar-refractivity contribution in [1.82, 2.24) is 15.5 Å². The Morgan fingerprint density at radius 1 is 1.08 bits per heavy atom. The van der Waals surface area contributed by atoms with Gasteiger partial charge in [0.15, 0.2) is 0 Å². The lowest BCUT2D eigenvalue weighted by molar-refractivity contribution is -0.149. The van der Waals surface area contributed by atoms with Crippen LogP contribution in [0.5, 0.6) is 0 Å². The summed E-state index contributed by atoms with van der Waals surface area (Å²) in [6.45, 7) is 12.5. The van der Waals surface area contributed by atoms with Crippen LogP contribution in [0.25, 0.3) is 0 Å². The minimum absolute atomic E-state index is 0.172. The fourth-order valence-electron chi connectivity index (χ4n) is 3.99.